The van der Waals surface area contributed by atoms with E-state index >= 15 is 0 Å². The number of benzene rings is 2. The second-order valence-electron chi connectivity index (χ2n) is 13.5. The van der Waals surface area contributed by atoms with Gasteiger partial charge in [-0.05, 0) is 76.3 Å². The van der Waals surface area contributed by atoms with Crippen LogP contribution in [0, 0.1) is 0 Å². The van der Waals surface area contributed by atoms with E-state index < -0.39 is 47.8 Å². The molecule has 1 amide bonds. The molecule has 0 fully saturated rings. The van der Waals surface area contributed by atoms with Gasteiger partial charge < -0.3 is 33.3 Å². The summed E-state index contributed by atoms with van der Waals surface area (Å²) in [4.78, 5) is 13.2. The Morgan fingerprint density at radius 2 is 1.48 bits per heavy atom. The molecule has 0 aliphatic heterocycles. The fraction of sp³-hybridized carbons (Fsp3) is 0.605. The first-order valence-corrected chi connectivity index (χ1v) is 21.3. The number of ether oxygens (including phenoxy) is 4. The predicted molar refractivity (Wildman–Crippen MR) is 204 cm³/mol. The maximum atomic E-state index is 14.4. The highest BCUT2D eigenvalue weighted by Gasteiger charge is 2.35. The SMILES string of the molecule is C=C(CN(CC(OCCCC)C(Cc1ccccc1)NC(=O)OC(C)(C)C)S(=O)(=O)c1ccc(OC)cc1)OCP(=O)(OCCCC)OCCCC. The fourth-order valence-electron chi connectivity index (χ4n) is 4.84. The van der Waals surface area contributed by atoms with Gasteiger partial charge >= 0.3 is 13.7 Å². The van der Waals surface area contributed by atoms with Crippen LogP contribution in [0.25, 0.3) is 0 Å². The molecule has 2 aromatic carbocycles. The first-order valence-electron chi connectivity index (χ1n) is 18.1. The molecule has 0 heterocycles. The smallest absolute Gasteiger partial charge is 0.407 e. The number of alkyl carbamates (subject to hydrolysis) is 1. The van der Waals surface area contributed by atoms with E-state index in [1.54, 1.807) is 32.9 Å². The Morgan fingerprint density at radius 1 is 0.904 bits per heavy atom. The molecule has 2 rings (SSSR count). The normalized spacial score (nSPS) is 13.4. The minimum absolute atomic E-state index is 0.00425. The number of nitrogens with zero attached hydrogens (tertiary/aromatic N) is 1. The van der Waals surface area contributed by atoms with E-state index in [9.17, 15) is 17.8 Å². The van der Waals surface area contributed by atoms with Crippen molar-refractivity contribution in [1.29, 1.82) is 0 Å². The summed E-state index contributed by atoms with van der Waals surface area (Å²) in [7, 11) is -6.39. The van der Waals surface area contributed by atoms with E-state index in [1.807, 2.05) is 51.1 Å². The second kappa shape index (κ2) is 23.0. The van der Waals surface area contributed by atoms with Gasteiger partial charge in [-0.2, -0.15) is 4.31 Å². The van der Waals surface area contributed by atoms with Crippen molar-refractivity contribution in [3.05, 3.63) is 72.5 Å². The summed E-state index contributed by atoms with van der Waals surface area (Å²) < 4.78 is 78.0. The van der Waals surface area contributed by atoms with Crippen molar-refractivity contribution in [2.45, 2.75) is 109 Å². The zero-order chi connectivity index (χ0) is 38.6. The van der Waals surface area contributed by atoms with Gasteiger partial charge in [0, 0.05) is 13.2 Å². The summed E-state index contributed by atoms with van der Waals surface area (Å²) in [6.45, 7) is 15.6. The fourth-order valence-corrected chi connectivity index (χ4v) is 7.66. The molecule has 0 bridgehead atoms. The van der Waals surface area contributed by atoms with Crippen LogP contribution in [0.2, 0.25) is 0 Å². The first-order chi connectivity index (χ1) is 24.7. The molecule has 0 saturated heterocycles. The molecule has 2 aromatic rings. The third kappa shape index (κ3) is 16.8. The lowest BCUT2D eigenvalue weighted by molar-refractivity contribution is 0.00476. The van der Waals surface area contributed by atoms with E-state index in [-0.39, 0.29) is 37.0 Å². The van der Waals surface area contributed by atoms with Crippen LogP contribution in [0.1, 0.15) is 85.6 Å². The molecule has 0 aliphatic rings. The molecule has 14 heteroatoms. The lowest BCUT2D eigenvalue weighted by Gasteiger charge is -2.33. The number of unbranched alkanes of at least 4 members (excludes halogenated alkanes) is 3. The van der Waals surface area contributed by atoms with Crippen LogP contribution < -0.4 is 10.1 Å². The van der Waals surface area contributed by atoms with E-state index in [4.69, 9.17) is 28.0 Å². The Balaban J connectivity index is 2.52. The van der Waals surface area contributed by atoms with Crippen molar-refractivity contribution in [3.63, 3.8) is 0 Å². The molecule has 0 radical (unpaired) electrons. The predicted octanol–water partition coefficient (Wildman–Crippen LogP) is 8.32. The summed E-state index contributed by atoms with van der Waals surface area (Å²) in [6, 6.07) is 14.9. The average molecular weight is 769 g/mol. The van der Waals surface area contributed by atoms with Gasteiger partial charge in [-0.1, -0.05) is 76.9 Å². The molecule has 2 atom stereocenters. The highest BCUT2D eigenvalue weighted by molar-refractivity contribution is 7.89. The van der Waals surface area contributed by atoms with E-state index in [2.05, 4.69) is 11.9 Å². The summed E-state index contributed by atoms with van der Waals surface area (Å²) in [6.07, 6.45) is 3.04. The molecule has 0 saturated carbocycles. The molecular weight excluding hydrogens is 707 g/mol. The number of carbonyl (C=O) groups excluding carboxylic acids is 1. The Kier molecular flexibility index (Phi) is 20.0. The Hall–Kier alpha value is -2.93. The van der Waals surface area contributed by atoms with Gasteiger partial charge in [-0.25, -0.2) is 13.2 Å². The average Bonchev–Trinajstić information content (AvgIpc) is 3.09. The van der Waals surface area contributed by atoms with Gasteiger partial charge in [0.1, 0.15) is 17.1 Å². The molecule has 52 heavy (non-hydrogen) atoms. The standard InChI is InChI=1S/C38H61N2O10PS/c1-9-12-24-46-36(35(27-32-18-16-15-17-19-32)39-37(41)50-38(5,6)7)29-40(52(43,44)34-22-20-33(45-8)21-23-34)28-31(4)47-30-51(42,48-25-13-10-2)49-26-14-11-3/h15-23,35-36H,4,9-14,24-30H2,1-3,5-8H3,(H,39,41). The van der Waals surface area contributed by atoms with Crippen LogP contribution in [0.15, 0.2) is 71.8 Å². The minimum Gasteiger partial charge on any atom is -0.497 e. The molecular formula is C38H61N2O10PS. The van der Waals surface area contributed by atoms with Crippen molar-refractivity contribution >= 4 is 23.7 Å². The van der Waals surface area contributed by atoms with E-state index in [0.717, 1.165) is 24.8 Å². The van der Waals surface area contributed by atoms with Crippen LogP contribution in [0.5, 0.6) is 5.75 Å². The lowest BCUT2D eigenvalue weighted by Crippen LogP contribution is -2.53. The van der Waals surface area contributed by atoms with Crippen molar-refractivity contribution < 1.29 is 45.8 Å². The second-order valence-corrected chi connectivity index (χ2v) is 17.4. The zero-order valence-electron chi connectivity index (χ0n) is 32.1. The number of amides is 1. The number of nitrogens with one attached hydrogen (secondary N) is 1. The van der Waals surface area contributed by atoms with Gasteiger partial charge in [0.25, 0.3) is 0 Å². The van der Waals surface area contributed by atoms with Crippen LogP contribution in [0.3, 0.4) is 0 Å². The molecule has 0 aliphatic carbocycles. The molecule has 0 aromatic heterocycles. The van der Waals surface area contributed by atoms with Gasteiger partial charge in [-0.3, -0.25) is 4.57 Å². The number of methoxy groups -OCH3 is 1. The summed E-state index contributed by atoms with van der Waals surface area (Å²) in [5.41, 5.74) is 0.144. The lowest BCUT2D eigenvalue weighted by atomic mass is 10.0. The minimum atomic E-state index is -4.22. The number of carbonyl (C=O) groups is 1. The molecule has 12 nitrogen and oxygen atoms in total. The Bertz CT molecular complexity index is 1470. The summed E-state index contributed by atoms with van der Waals surface area (Å²) in [5, 5.41) is 2.96. The van der Waals surface area contributed by atoms with Crippen LogP contribution >= 0.6 is 7.60 Å². The monoisotopic (exact) mass is 768 g/mol. The van der Waals surface area contributed by atoms with Gasteiger partial charge in [0.2, 0.25) is 10.0 Å². The number of rotatable bonds is 26. The Morgan fingerprint density at radius 3 is 2.02 bits per heavy atom. The number of hydrogen-bond acceptors (Lipinski definition) is 10. The first kappa shape index (κ1) is 45.2. The zero-order valence-corrected chi connectivity index (χ0v) is 33.8. The van der Waals surface area contributed by atoms with Crippen LogP contribution in [-0.4, -0.2) is 82.9 Å². The maximum Gasteiger partial charge on any atom is 0.407 e. The Labute approximate surface area is 312 Å². The molecule has 2 unspecified atom stereocenters. The maximum absolute atomic E-state index is 14.4. The highest BCUT2D eigenvalue weighted by Crippen LogP contribution is 2.49. The van der Waals surface area contributed by atoms with Crippen molar-refractivity contribution in [1.82, 2.24) is 9.62 Å². The third-order valence-electron chi connectivity index (χ3n) is 7.71. The number of hydrogen-bond donors (Lipinski definition) is 1. The molecule has 1 N–H and O–H groups in total. The van der Waals surface area contributed by atoms with Gasteiger partial charge in [-0.15, -0.1) is 0 Å². The van der Waals surface area contributed by atoms with E-state index in [0.29, 0.717) is 38.0 Å². The van der Waals surface area contributed by atoms with Crippen molar-refractivity contribution in [2.24, 2.45) is 0 Å². The van der Waals surface area contributed by atoms with Gasteiger partial charge in [0.05, 0.1) is 43.9 Å². The summed E-state index contributed by atoms with van der Waals surface area (Å²) in [5.74, 6) is 0.521. The molecule has 0 spiro atoms. The van der Waals surface area contributed by atoms with Crippen molar-refractivity contribution in [3.8, 4) is 5.75 Å². The summed E-state index contributed by atoms with van der Waals surface area (Å²) >= 11 is 0. The highest BCUT2D eigenvalue weighted by atomic mass is 32.2. The molecule has 294 valence electrons. The van der Waals surface area contributed by atoms with Crippen LogP contribution in [-0.2, 0) is 44.3 Å². The third-order valence-corrected chi connectivity index (χ3v) is 11.1. The number of sulfonamides is 1. The van der Waals surface area contributed by atoms with Crippen LogP contribution in [0.4, 0.5) is 4.79 Å². The van der Waals surface area contributed by atoms with Gasteiger partial charge in [0.15, 0.2) is 6.35 Å². The van der Waals surface area contributed by atoms with Crippen molar-refractivity contribution in [2.75, 3.05) is 46.4 Å². The largest absolute Gasteiger partial charge is 0.497 e. The topological polar surface area (TPSA) is 139 Å². The van der Waals surface area contributed by atoms with E-state index in [1.165, 1.54) is 23.5 Å². The quantitative estimate of drug-likeness (QED) is 0.0565.